The molecule has 0 bridgehead atoms. The van der Waals surface area contributed by atoms with E-state index >= 15 is 0 Å². The van der Waals surface area contributed by atoms with Crippen LogP contribution in [0.2, 0.25) is 0 Å². The highest BCUT2D eigenvalue weighted by Gasteiger charge is 1.99. The zero-order valence-corrected chi connectivity index (χ0v) is 9.99. The molecule has 0 aliphatic heterocycles. The molecule has 0 atom stereocenters. The second kappa shape index (κ2) is 7.00. The number of carbonyl (C=O) groups is 1. The molecule has 1 aromatic heterocycles. The van der Waals surface area contributed by atoms with Gasteiger partial charge in [-0.25, -0.2) is 0 Å². The average molecular weight is 224 g/mol. The van der Waals surface area contributed by atoms with Gasteiger partial charge in [0.05, 0.1) is 6.20 Å². The molecule has 0 unspecified atom stereocenters. The zero-order chi connectivity index (χ0) is 11.8. The SMILES string of the molecule is CCNC(=O)CCNCCc1cnn(C)c1. The number of amides is 1. The number of nitrogens with zero attached hydrogens (tertiary/aromatic N) is 2. The van der Waals surface area contributed by atoms with Crippen molar-refractivity contribution < 1.29 is 4.79 Å². The summed E-state index contributed by atoms with van der Waals surface area (Å²) in [5, 5.41) is 10.1. The average Bonchev–Trinajstić information content (AvgIpc) is 2.64. The van der Waals surface area contributed by atoms with Crippen LogP contribution in [0.25, 0.3) is 0 Å². The number of hydrogen-bond acceptors (Lipinski definition) is 3. The Kier molecular flexibility index (Phi) is 5.56. The van der Waals surface area contributed by atoms with Gasteiger partial charge in [0, 0.05) is 32.8 Å². The van der Waals surface area contributed by atoms with Gasteiger partial charge in [0.15, 0.2) is 0 Å². The highest BCUT2D eigenvalue weighted by Crippen LogP contribution is 1.95. The molecule has 1 rings (SSSR count). The maximum atomic E-state index is 11.1. The first-order chi connectivity index (χ1) is 7.72. The van der Waals surface area contributed by atoms with Crippen LogP contribution in [0.4, 0.5) is 0 Å². The van der Waals surface area contributed by atoms with Crippen molar-refractivity contribution in [1.29, 1.82) is 0 Å². The Bertz CT molecular complexity index is 322. The van der Waals surface area contributed by atoms with Crippen LogP contribution in [0, 0.1) is 0 Å². The Morgan fingerprint density at radius 2 is 2.31 bits per heavy atom. The standard InChI is InChI=1S/C11H20N4O/c1-3-13-11(16)5-7-12-6-4-10-8-14-15(2)9-10/h8-9,12H,3-7H2,1-2H3,(H,13,16). The van der Waals surface area contributed by atoms with Crippen LogP contribution in [0.5, 0.6) is 0 Å². The largest absolute Gasteiger partial charge is 0.356 e. The molecule has 5 heteroatoms. The maximum Gasteiger partial charge on any atom is 0.221 e. The number of rotatable bonds is 7. The summed E-state index contributed by atoms with van der Waals surface area (Å²) in [6, 6.07) is 0. The van der Waals surface area contributed by atoms with Crippen LogP contribution in [0.15, 0.2) is 12.4 Å². The molecular formula is C11H20N4O. The summed E-state index contributed by atoms with van der Waals surface area (Å²) in [4.78, 5) is 11.1. The molecule has 0 saturated carbocycles. The lowest BCUT2D eigenvalue weighted by molar-refractivity contribution is -0.120. The van der Waals surface area contributed by atoms with Crippen molar-refractivity contribution in [2.24, 2.45) is 7.05 Å². The first kappa shape index (κ1) is 12.7. The van der Waals surface area contributed by atoms with E-state index in [9.17, 15) is 4.79 Å². The van der Waals surface area contributed by atoms with E-state index in [0.29, 0.717) is 13.0 Å². The summed E-state index contributed by atoms with van der Waals surface area (Å²) in [6.07, 6.45) is 5.36. The summed E-state index contributed by atoms with van der Waals surface area (Å²) in [5.41, 5.74) is 1.22. The van der Waals surface area contributed by atoms with Gasteiger partial charge in [0.25, 0.3) is 0 Å². The minimum absolute atomic E-state index is 0.108. The molecule has 1 heterocycles. The number of hydrogen-bond donors (Lipinski definition) is 2. The first-order valence-corrected chi connectivity index (χ1v) is 5.67. The zero-order valence-electron chi connectivity index (χ0n) is 9.99. The Hall–Kier alpha value is -1.36. The van der Waals surface area contributed by atoms with E-state index in [1.165, 1.54) is 5.56 Å². The topological polar surface area (TPSA) is 59.0 Å². The second-order valence-corrected chi connectivity index (χ2v) is 3.73. The summed E-state index contributed by atoms with van der Waals surface area (Å²) >= 11 is 0. The summed E-state index contributed by atoms with van der Waals surface area (Å²) in [7, 11) is 1.91. The van der Waals surface area contributed by atoms with Crippen LogP contribution in [0.3, 0.4) is 0 Å². The van der Waals surface area contributed by atoms with Crippen LogP contribution >= 0.6 is 0 Å². The summed E-state index contributed by atoms with van der Waals surface area (Å²) in [6.45, 7) is 4.24. The van der Waals surface area contributed by atoms with Crippen molar-refractivity contribution in [2.45, 2.75) is 19.8 Å². The monoisotopic (exact) mass is 224 g/mol. The van der Waals surface area contributed by atoms with Crippen molar-refractivity contribution in [3.63, 3.8) is 0 Å². The molecule has 1 amide bonds. The molecular weight excluding hydrogens is 204 g/mol. The van der Waals surface area contributed by atoms with E-state index in [4.69, 9.17) is 0 Å². The van der Waals surface area contributed by atoms with E-state index < -0.39 is 0 Å². The molecule has 0 spiro atoms. The van der Waals surface area contributed by atoms with Crippen molar-refractivity contribution in [3.05, 3.63) is 18.0 Å². The van der Waals surface area contributed by atoms with Crippen molar-refractivity contribution in [3.8, 4) is 0 Å². The quantitative estimate of drug-likeness (QED) is 0.645. The number of nitrogens with one attached hydrogen (secondary N) is 2. The number of carbonyl (C=O) groups excluding carboxylic acids is 1. The van der Waals surface area contributed by atoms with E-state index in [1.54, 1.807) is 4.68 Å². The minimum Gasteiger partial charge on any atom is -0.356 e. The Morgan fingerprint density at radius 1 is 1.50 bits per heavy atom. The first-order valence-electron chi connectivity index (χ1n) is 5.67. The van der Waals surface area contributed by atoms with E-state index in [0.717, 1.165) is 19.5 Å². The Labute approximate surface area is 96.2 Å². The third kappa shape index (κ3) is 4.93. The lowest BCUT2D eigenvalue weighted by Crippen LogP contribution is -2.28. The van der Waals surface area contributed by atoms with Gasteiger partial charge in [-0.05, 0) is 25.5 Å². The molecule has 5 nitrogen and oxygen atoms in total. The second-order valence-electron chi connectivity index (χ2n) is 3.73. The van der Waals surface area contributed by atoms with Gasteiger partial charge in [0.2, 0.25) is 5.91 Å². The third-order valence-electron chi connectivity index (χ3n) is 2.25. The van der Waals surface area contributed by atoms with Gasteiger partial charge in [0.1, 0.15) is 0 Å². The molecule has 1 aromatic rings. The smallest absolute Gasteiger partial charge is 0.221 e. The van der Waals surface area contributed by atoms with Crippen molar-refractivity contribution >= 4 is 5.91 Å². The summed E-state index contributed by atoms with van der Waals surface area (Å²) < 4.78 is 1.80. The fourth-order valence-corrected chi connectivity index (χ4v) is 1.45. The Balaban J connectivity index is 2.02. The third-order valence-corrected chi connectivity index (χ3v) is 2.25. The number of aryl methyl sites for hydroxylation is 1. The molecule has 90 valence electrons. The molecule has 0 fully saturated rings. The highest BCUT2D eigenvalue weighted by atomic mass is 16.1. The van der Waals surface area contributed by atoms with Gasteiger partial charge in [-0.1, -0.05) is 0 Å². The predicted octanol–water partition coefficient (Wildman–Crippen LogP) is 0.0784. The molecule has 0 aliphatic carbocycles. The predicted molar refractivity (Wildman–Crippen MR) is 63.1 cm³/mol. The lowest BCUT2D eigenvalue weighted by Gasteiger charge is -2.03. The van der Waals surface area contributed by atoms with Gasteiger partial charge < -0.3 is 10.6 Å². The molecule has 0 aromatic carbocycles. The van der Waals surface area contributed by atoms with Crippen LogP contribution < -0.4 is 10.6 Å². The van der Waals surface area contributed by atoms with Crippen LogP contribution in [-0.4, -0.2) is 35.3 Å². The molecule has 16 heavy (non-hydrogen) atoms. The van der Waals surface area contributed by atoms with Crippen LogP contribution in [0.1, 0.15) is 18.9 Å². The van der Waals surface area contributed by atoms with Crippen molar-refractivity contribution in [2.75, 3.05) is 19.6 Å². The fraction of sp³-hybridized carbons (Fsp3) is 0.636. The molecule has 0 radical (unpaired) electrons. The van der Waals surface area contributed by atoms with E-state index in [1.807, 2.05) is 26.4 Å². The van der Waals surface area contributed by atoms with Gasteiger partial charge >= 0.3 is 0 Å². The maximum absolute atomic E-state index is 11.1. The summed E-state index contributed by atoms with van der Waals surface area (Å²) in [5.74, 6) is 0.108. The molecule has 0 aliphatic rings. The fourth-order valence-electron chi connectivity index (χ4n) is 1.45. The van der Waals surface area contributed by atoms with Crippen molar-refractivity contribution in [1.82, 2.24) is 20.4 Å². The lowest BCUT2D eigenvalue weighted by atomic mass is 10.2. The van der Waals surface area contributed by atoms with Crippen LogP contribution in [-0.2, 0) is 18.3 Å². The number of aromatic nitrogens is 2. The van der Waals surface area contributed by atoms with Gasteiger partial charge in [-0.3, -0.25) is 9.48 Å². The Morgan fingerprint density at radius 3 is 2.94 bits per heavy atom. The molecule has 2 N–H and O–H groups in total. The minimum atomic E-state index is 0.108. The normalized spacial score (nSPS) is 10.4. The van der Waals surface area contributed by atoms with Gasteiger partial charge in [-0.2, -0.15) is 5.10 Å². The molecule has 0 saturated heterocycles. The van der Waals surface area contributed by atoms with Gasteiger partial charge in [-0.15, -0.1) is 0 Å². The van der Waals surface area contributed by atoms with E-state index in [2.05, 4.69) is 15.7 Å². The van der Waals surface area contributed by atoms with E-state index in [-0.39, 0.29) is 5.91 Å². The highest BCUT2D eigenvalue weighted by molar-refractivity contribution is 5.75.